The molecule has 2 aliphatic heterocycles. The van der Waals surface area contributed by atoms with Gasteiger partial charge < -0.3 is 10.6 Å². The summed E-state index contributed by atoms with van der Waals surface area (Å²) in [5.74, 6) is 1.53. The summed E-state index contributed by atoms with van der Waals surface area (Å²) in [6, 6.07) is 15.5. The van der Waals surface area contributed by atoms with E-state index >= 15 is 0 Å². The zero-order chi connectivity index (χ0) is 43.2. The van der Waals surface area contributed by atoms with E-state index in [-0.39, 0.29) is 59.2 Å². The van der Waals surface area contributed by atoms with Crippen LogP contribution in [0.4, 0.5) is 35.1 Å². The Hall–Kier alpha value is -5.04. The lowest BCUT2D eigenvalue weighted by molar-refractivity contribution is -0.138. The van der Waals surface area contributed by atoms with E-state index < -0.39 is 23.5 Å². The van der Waals surface area contributed by atoms with Gasteiger partial charge in [0.2, 0.25) is 0 Å². The lowest BCUT2D eigenvalue weighted by atomic mass is 10.0. The first-order valence-electron chi connectivity index (χ1n) is 21.1. The van der Waals surface area contributed by atoms with Crippen molar-refractivity contribution in [3.05, 3.63) is 130 Å². The molecule has 2 aliphatic carbocycles. The largest absolute Gasteiger partial charge is 0.420 e. The first-order chi connectivity index (χ1) is 29.8. The highest BCUT2D eigenvalue weighted by Gasteiger charge is 2.40. The van der Waals surface area contributed by atoms with Crippen molar-refractivity contribution >= 4 is 11.3 Å². The van der Waals surface area contributed by atoms with Crippen molar-refractivity contribution in [1.82, 2.24) is 49.6 Å². The number of nitrogens with zero attached hydrogens (tertiary/aromatic N) is 8. The Labute approximate surface area is 352 Å². The zero-order valence-electron chi connectivity index (χ0n) is 33.7. The molecule has 2 saturated heterocycles. The predicted octanol–water partition coefficient (Wildman–Crippen LogP) is 7.97. The highest BCUT2D eigenvalue weighted by Crippen LogP contribution is 2.39. The van der Waals surface area contributed by atoms with Crippen molar-refractivity contribution in [3.63, 3.8) is 0 Å². The van der Waals surface area contributed by atoms with Crippen molar-refractivity contribution in [3.8, 4) is 0 Å². The Morgan fingerprint density at radius 1 is 0.548 bits per heavy atom. The number of rotatable bonds is 10. The van der Waals surface area contributed by atoms with Crippen LogP contribution in [0.1, 0.15) is 82.8 Å². The molecule has 2 atom stereocenters. The topological polar surface area (TPSA) is 90.9 Å². The Bertz CT molecular complexity index is 2350. The number of hydrogen-bond donors (Lipinski definition) is 2. The van der Waals surface area contributed by atoms with Gasteiger partial charge in [-0.15, -0.1) is 20.4 Å². The number of fused-ring (bicyclic) bond motifs is 2. The molecule has 4 aliphatic rings. The van der Waals surface area contributed by atoms with Gasteiger partial charge in [0.1, 0.15) is 34.4 Å². The molecule has 6 heterocycles. The molecule has 4 aromatic heterocycles. The minimum absolute atomic E-state index is 0.114. The molecule has 4 fully saturated rings. The van der Waals surface area contributed by atoms with Gasteiger partial charge >= 0.3 is 12.4 Å². The third-order valence-electron chi connectivity index (χ3n) is 12.2. The van der Waals surface area contributed by atoms with Gasteiger partial charge in [-0.1, -0.05) is 36.4 Å². The maximum atomic E-state index is 14.2. The van der Waals surface area contributed by atoms with Crippen molar-refractivity contribution in [2.24, 2.45) is 11.8 Å². The molecule has 2 unspecified atom stereocenters. The Morgan fingerprint density at radius 2 is 0.952 bits per heavy atom. The van der Waals surface area contributed by atoms with Crippen LogP contribution in [-0.2, 0) is 38.3 Å². The third-order valence-corrected chi connectivity index (χ3v) is 12.2. The summed E-state index contributed by atoms with van der Waals surface area (Å²) < 4.78 is 116. The summed E-state index contributed by atoms with van der Waals surface area (Å²) in [6.45, 7) is 3.36. The van der Waals surface area contributed by atoms with E-state index in [9.17, 15) is 35.1 Å². The summed E-state index contributed by atoms with van der Waals surface area (Å²) in [4.78, 5) is 3.85. The second kappa shape index (κ2) is 17.3. The highest BCUT2D eigenvalue weighted by atomic mass is 19.4. The zero-order valence-corrected chi connectivity index (χ0v) is 33.7. The molecule has 2 aromatic carbocycles. The standard InChI is InChI=1S/2C22H23F4N5/c2*23-17-4-2-1-3-16(17)18-13-30(10-8-27-18)12-15-7-9-31-19(11-14-5-6-14)28-29-21(31)20(15)22(24,25)26/h2*1-4,7,9,14,18,27H,5-6,8,10-13H2. The fraction of sp³-hybridized carbons (Fsp3) is 0.455. The van der Waals surface area contributed by atoms with Crippen LogP contribution in [0, 0.1) is 23.5 Å². The van der Waals surface area contributed by atoms with Crippen LogP contribution in [0.2, 0.25) is 0 Å². The molecular weight excluding hydrogens is 821 g/mol. The van der Waals surface area contributed by atoms with Gasteiger partial charge in [-0.25, -0.2) is 8.78 Å². The summed E-state index contributed by atoms with van der Waals surface area (Å²) in [5, 5.41) is 22.4. The van der Waals surface area contributed by atoms with Gasteiger partial charge in [0, 0.05) is 101 Å². The third kappa shape index (κ3) is 9.33. The second-order valence-corrected chi connectivity index (χ2v) is 16.9. The monoisotopic (exact) mass is 866 g/mol. The van der Waals surface area contributed by atoms with Crippen LogP contribution in [0.5, 0.6) is 0 Å². The number of alkyl halides is 6. The molecule has 0 bridgehead atoms. The van der Waals surface area contributed by atoms with E-state index in [1.807, 2.05) is 9.80 Å². The Morgan fingerprint density at radius 3 is 1.32 bits per heavy atom. The van der Waals surface area contributed by atoms with Crippen LogP contribution in [0.3, 0.4) is 0 Å². The molecule has 0 radical (unpaired) electrons. The number of nitrogens with one attached hydrogen (secondary N) is 2. The van der Waals surface area contributed by atoms with Crippen molar-refractivity contribution in [1.29, 1.82) is 0 Å². The molecule has 328 valence electrons. The maximum Gasteiger partial charge on any atom is 0.420 e. The van der Waals surface area contributed by atoms with Gasteiger partial charge in [0.25, 0.3) is 0 Å². The molecule has 18 heteroatoms. The number of hydrogen-bond acceptors (Lipinski definition) is 8. The number of pyridine rings is 2. The van der Waals surface area contributed by atoms with E-state index in [2.05, 4.69) is 31.0 Å². The highest BCUT2D eigenvalue weighted by molar-refractivity contribution is 5.55. The van der Waals surface area contributed by atoms with Crippen LogP contribution < -0.4 is 10.6 Å². The minimum atomic E-state index is -4.54. The fourth-order valence-electron chi connectivity index (χ4n) is 8.73. The Balaban J connectivity index is 0.000000158. The average molecular weight is 867 g/mol. The molecule has 2 N–H and O–H groups in total. The van der Waals surface area contributed by atoms with Gasteiger partial charge in [0.15, 0.2) is 11.3 Å². The van der Waals surface area contributed by atoms with Crippen molar-refractivity contribution in [2.45, 2.75) is 76.1 Å². The smallest absolute Gasteiger partial charge is 0.307 e. The molecule has 6 aromatic rings. The Kier molecular flexibility index (Phi) is 11.8. The molecule has 62 heavy (non-hydrogen) atoms. The fourth-order valence-corrected chi connectivity index (χ4v) is 8.73. The lowest BCUT2D eigenvalue weighted by Crippen LogP contribution is -2.45. The van der Waals surface area contributed by atoms with Gasteiger partial charge in [0.05, 0.1) is 0 Å². The summed E-state index contributed by atoms with van der Waals surface area (Å²) >= 11 is 0. The van der Waals surface area contributed by atoms with Crippen LogP contribution >= 0.6 is 0 Å². The first-order valence-corrected chi connectivity index (χ1v) is 21.1. The molecule has 0 amide bonds. The van der Waals surface area contributed by atoms with Crippen molar-refractivity contribution < 1.29 is 35.1 Å². The molecule has 10 nitrogen and oxygen atoms in total. The van der Waals surface area contributed by atoms with E-state index in [0.29, 0.717) is 86.7 Å². The van der Waals surface area contributed by atoms with Crippen LogP contribution in [0.25, 0.3) is 11.3 Å². The van der Waals surface area contributed by atoms with Crippen LogP contribution in [-0.4, -0.2) is 78.3 Å². The number of aromatic nitrogens is 6. The van der Waals surface area contributed by atoms with Gasteiger partial charge in [-0.05, 0) is 72.9 Å². The number of benzene rings is 2. The maximum absolute atomic E-state index is 14.2. The summed E-state index contributed by atoms with van der Waals surface area (Å²) in [6.07, 6.45) is -0.128. The van der Waals surface area contributed by atoms with Gasteiger partial charge in [-0.3, -0.25) is 18.6 Å². The van der Waals surface area contributed by atoms with Gasteiger partial charge in [-0.2, -0.15) is 26.3 Å². The molecule has 2 saturated carbocycles. The number of halogens is 8. The van der Waals surface area contributed by atoms with E-state index in [1.165, 1.54) is 33.1 Å². The second-order valence-electron chi connectivity index (χ2n) is 16.9. The first kappa shape index (κ1) is 42.3. The van der Waals surface area contributed by atoms with E-state index in [1.54, 1.807) is 48.8 Å². The summed E-state index contributed by atoms with van der Waals surface area (Å²) in [7, 11) is 0. The predicted molar refractivity (Wildman–Crippen MR) is 214 cm³/mol. The summed E-state index contributed by atoms with van der Waals surface area (Å²) in [5.41, 5.74) is -0.347. The molecule has 0 spiro atoms. The molecule has 10 rings (SSSR count). The normalized spacial score (nSPS) is 20.5. The van der Waals surface area contributed by atoms with E-state index in [0.717, 1.165) is 25.7 Å². The molecular formula is C44H46F8N10. The van der Waals surface area contributed by atoms with E-state index in [4.69, 9.17) is 0 Å². The van der Waals surface area contributed by atoms with Crippen LogP contribution in [0.15, 0.2) is 73.1 Å². The lowest BCUT2D eigenvalue weighted by Gasteiger charge is -2.34. The number of piperazine rings is 2. The SMILES string of the molecule is Fc1ccccc1C1CN(Cc2ccn3c(CC4CC4)nnc3c2C(F)(F)F)CCN1.Fc1ccccc1C1CN(Cc2ccn3c(CC4CC4)nnc3c2C(F)(F)F)CCN1. The minimum Gasteiger partial charge on any atom is -0.307 e. The average Bonchev–Trinajstić information content (AvgIpc) is 4.16. The quantitative estimate of drug-likeness (QED) is 0.134. The van der Waals surface area contributed by atoms with Crippen molar-refractivity contribution in [2.75, 3.05) is 39.3 Å².